The standard InChI is InChI=1S/C13H18N2O2/c1-10(15-7-11(8-15)9-16)13(17)14-12-5-3-2-4-6-12/h2-6,10-11,16H,7-9H2,1H3,(H,14,17). The molecule has 1 saturated heterocycles. The molecule has 0 saturated carbocycles. The maximum absolute atomic E-state index is 11.9. The fourth-order valence-corrected chi connectivity index (χ4v) is 1.98. The minimum atomic E-state index is -0.141. The van der Waals surface area contributed by atoms with Crippen LogP contribution in [0, 0.1) is 5.92 Å². The molecule has 4 heteroatoms. The van der Waals surface area contributed by atoms with Crippen molar-refractivity contribution < 1.29 is 9.90 Å². The molecule has 17 heavy (non-hydrogen) atoms. The van der Waals surface area contributed by atoms with E-state index in [4.69, 9.17) is 5.11 Å². The SMILES string of the molecule is CC(C(=O)Nc1ccccc1)N1CC(CO)C1. The van der Waals surface area contributed by atoms with E-state index in [-0.39, 0.29) is 18.6 Å². The number of aliphatic hydroxyl groups excluding tert-OH is 1. The van der Waals surface area contributed by atoms with Crippen LogP contribution in [0.5, 0.6) is 0 Å². The van der Waals surface area contributed by atoms with Gasteiger partial charge in [-0.3, -0.25) is 9.69 Å². The highest BCUT2D eigenvalue weighted by Gasteiger charge is 2.32. The van der Waals surface area contributed by atoms with Crippen molar-refractivity contribution in [3.63, 3.8) is 0 Å². The van der Waals surface area contributed by atoms with E-state index in [9.17, 15) is 4.79 Å². The normalized spacial score (nSPS) is 18.5. The van der Waals surface area contributed by atoms with Crippen LogP contribution in [0.3, 0.4) is 0 Å². The van der Waals surface area contributed by atoms with Gasteiger partial charge in [0.25, 0.3) is 0 Å². The summed E-state index contributed by atoms with van der Waals surface area (Å²) in [5.74, 6) is 0.342. The zero-order valence-corrected chi connectivity index (χ0v) is 9.97. The highest BCUT2D eigenvalue weighted by atomic mass is 16.3. The molecule has 1 unspecified atom stereocenters. The smallest absolute Gasteiger partial charge is 0.241 e. The van der Waals surface area contributed by atoms with E-state index in [1.54, 1.807) is 0 Å². The lowest BCUT2D eigenvalue weighted by Gasteiger charge is -2.41. The third kappa shape index (κ3) is 2.84. The Morgan fingerprint density at radius 1 is 1.47 bits per heavy atom. The molecule has 1 aromatic rings. The molecular weight excluding hydrogens is 216 g/mol. The van der Waals surface area contributed by atoms with Crippen molar-refractivity contribution in [2.45, 2.75) is 13.0 Å². The summed E-state index contributed by atoms with van der Waals surface area (Å²) in [5, 5.41) is 11.8. The van der Waals surface area contributed by atoms with Crippen molar-refractivity contribution >= 4 is 11.6 Å². The van der Waals surface area contributed by atoms with Gasteiger partial charge in [-0.2, -0.15) is 0 Å². The molecule has 1 aliphatic rings. The average molecular weight is 234 g/mol. The van der Waals surface area contributed by atoms with Gasteiger partial charge < -0.3 is 10.4 Å². The number of carbonyl (C=O) groups is 1. The zero-order valence-electron chi connectivity index (χ0n) is 9.97. The number of benzene rings is 1. The van der Waals surface area contributed by atoms with Crippen LogP contribution in [0.2, 0.25) is 0 Å². The number of amides is 1. The monoisotopic (exact) mass is 234 g/mol. The molecule has 0 radical (unpaired) electrons. The number of carbonyl (C=O) groups excluding carboxylic acids is 1. The van der Waals surface area contributed by atoms with Gasteiger partial charge in [-0.15, -0.1) is 0 Å². The number of para-hydroxylation sites is 1. The molecule has 1 aromatic carbocycles. The van der Waals surface area contributed by atoms with Crippen molar-refractivity contribution in [3.8, 4) is 0 Å². The van der Waals surface area contributed by atoms with Crippen molar-refractivity contribution in [1.29, 1.82) is 0 Å². The molecule has 0 bridgehead atoms. The second-order valence-corrected chi connectivity index (χ2v) is 4.53. The summed E-state index contributed by atoms with van der Waals surface area (Å²) in [6.07, 6.45) is 0. The first kappa shape index (κ1) is 12.1. The third-order valence-corrected chi connectivity index (χ3v) is 3.21. The van der Waals surface area contributed by atoms with Gasteiger partial charge in [0.15, 0.2) is 0 Å². The Morgan fingerprint density at radius 3 is 2.71 bits per heavy atom. The molecule has 0 aliphatic carbocycles. The lowest BCUT2D eigenvalue weighted by molar-refractivity contribution is -0.123. The summed E-state index contributed by atoms with van der Waals surface area (Å²) >= 11 is 0. The molecule has 1 fully saturated rings. The molecule has 1 heterocycles. The van der Waals surface area contributed by atoms with Crippen molar-refractivity contribution in [3.05, 3.63) is 30.3 Å². The van der Waals surface area contributed by atoms with Crippen LogP contribution in [0.25, 0.3) is 0 Å². The molecule has 1 aliphatic heterocycles. The maximum atomic E-state index is 11.9. The molecule has 2 N–H and O–H groups in total. The molecule has 0 aromatic heterocycles. The fourth-order valence-electron chi connectivity index (χ4n) is 1.98. The van der Waals surface area contributed by atoms with Gasteiger partial charge in [-0.1, -0.05) is 18.2 Å². The lowest BCUT2D eigenvalue weighted by Crippen LogP contribution is -2.55. The molecular formula is C13H18N2O2. The summed E-state index contributed by atoms with van der Waals surface area (Å²) in [4.78, 5) is 14.0. The summed E-state index contributed by atoms with van der Waals surface area (Å²) in [5.41, 5.74) is 0.823. The van der Waals surface area contributed by atoms with E-state index < -0.39 is 0 Å². The number of hydrogen-bond donors (Lipinski definition) is 2. The van der Waals surface area contributed by atoms with Crippen LogP contribution in [0.15, 0.2) is 30.3 Å². The number of nitrogens with one attached hydrogen (secondary N) is 1. The van der Waals surface area contributed by atoms with Crippen LogP contribution in [-0.4, -0.2) is 41.7 Å². The second-order valence-electron chi connectivity index (χ2n) is 4.53. The molecule has 1 amide bonds. The number of aliphatic hydroxyl groups is 1. The first-order valence-electron chi connectivity index (χ1n) is 5.91. The molecule has 4 nitrogen and oxygen atoms in total. The Hall–Kier alpha value is -1.39. The summed E-state index contributed by atoms with van der Waals surface area (Å²) in [7, 11) is 0. The van der Waals surface area contributed by atoms with Crippen LogP contribution in [0.4, 0.5) is 5.69 Å². The van der Waals surface area contributed by atoms with Crippen LogP contribution in [0.1, 0.15) is 6.92 Å². The van der Waals surface area contributed by atoms with Crippen LogP contribution >= 0.6 is 0 Å². The van der Waals surface area contributed by atoms with Crippen molar-refractivity contribution in [2.24, 2.45) is 5.92 Å². The largest absolute Gasteiger partial charge is 0.396 e. The van der Waals surface area contributed by atoms with Gasteiger partial charge in [0.2, 0.25) is 5.91 Å². The van der Waals surface area contributed by atoms with Gasteiger partial charge in [0, 0.05) is 31.3 Å². The summed E-state index contributed by atoms with van der Waals surface area (Å²) in [6.45, 7) is 3.72. The topological polar surface area (TPSA) is 52.6 Å². The molecule has 92 valence electrons. The number of likely N-dealkylation sites (tertiary alicyclic amines) is 1. The van der Waals surface area contributed by atoms with Gasteiger partial charge in [-0.25, -0.2) is 0 Å². The third-order valence-electron chi connectivity index (χ3n) is 3.21. The fraction of sp³-hybridized carbons (Fsp3) is 0.462. The Bertz CT molecular complexity index is 374. The lowest BCUT2D eigenvalue weighted by atomic mass is 9.99. The maximum Gasteiger partial charge on any atom is 0.241 e. The average Bonchev–Trinajstić information content (AvgIpc) is 2.28. The number of nitrogens with zero attached hydrogens (tertiary/aromatic N) is 1. The first-order valence-corrected chi connectivity index (χ1v) is 5.91. The van der Waals surface area contributed by atoms with Crippen molar-refractivity contribution in [1.82, 2.24) is 4.90 Å². The minimum Gasteiger partial charge on any atom is -0.396 e. The Labute approximate surface area is 101 Å². The summed E-state index contributed by atoms with van der Waals surface area (Å²) < 4.78 is 0. The highest BCUT2D eigenvalue weighted by molar-refractivity contribution is 5.94. The quantitative estimate of drug-likeness (QED) is 0.815. The first-order chi connectivity index (χ1) is 8.20. The highest BCUT2D eigenvalue weighted by Crippen LogP contribution is 2.18. The van der Waals surface area contributed by atoms with E-state index in [0.717, 1.165) is 18.8 Å². The number of hydrogen-bond acceptors (Lipinski definition) is 3. The second kappa shape index (κ2) is 5.29. The summed E-state index contributed by atoms with van der Waals surface area (Å²) in [6, 6.07) is 9.31. The van der Waals surface area contributed by atoms with Crippen LogP contribution in [-0.2, 0) is 4.79 Å². The van der Waals surface area contributed by atoms with E-state index in [2.05, 4.69) is 10.2 Å². The van der Waals surface area contributed by atoms with Gasteiger partial charge in [-0.05, 0) is 19.1 Å². The Kier molecular flexibility index (Phi) is 3.76. The predicted molar refractivity (Wildman–Crippen MR) is 66.7 cm³/mol. The van der Waals surface area contributed by atoms with E-state index in [1.807, 2.05) is 37.3 Å². The van der Waals surface area contributed by atoms with Gasteiger partial charge >= 0.3 is 0 Å². The van der Waals surface area contributed by atoms with E-state index >= 15 is 0 Å². The van der Waals surface area contributed by atoms with Gasteiger partial charge in [0.05, 0.1) is 6.04 Å². The van der Waals surface area contributed by atoms with E-state index in [1.165, 1.54) is 0 Å². The zero-order chi connectivity index (χ0) is 12.3. The van der Waals surface area contributed by atoms with Crippen molar-refractivity contribution in [2.75, 3.05) is 25.0 Å². The Balaban J connectivity index is 1.84. The number of rotatable bonds is 4. The van der Waals surface area contributed by atoms with Crippen LogP contribution < -0.4 is 5.32 Å². The predicted octanol–water partition coefficient (Wildman–Crippen LogP) is 0.938. The molecule has 0 spiro atoms. The molecule has 2 rings (SSSR count). The van der Waals surface area contributed by atoms with E-state index in [0.29, 0.717) is 5.92 Å². The minimum absolute atomic E-state index is 0.00703. The Morgan fingerprint density at radius 2 is 2.12 bits per heavy atom. The number of anilines is 1. The van der Waals surface area contributed by atoms with Gasteiger partial charge in [0.1, 0.15) is 0 Å². The molecule has 1 atom stereocenters.